The minimum absolute atomic E-state index is 0.0000714. The summed E-state index contributed by atoms with van der Waals surface area (Å²) < 4.78 is 3.08. The predicted molar refractivity (Wildman–Crippen MR) is 104 cm³/mol. The summed E-state index contributed by atoms with van der Waals surface area (Å²) in [5, 5.41) is 7.37. The molecule has 150 valence electrons. The molecule has 2 aliphatic rings. The first kappa shape index (κ1) is 18.6. The molecule has 2 aromatic heterocycles. The molecule has 1 atom stereocenters. The van der Waals surface area contributed by atoms with Crippen LogP contribution in [0.2, 0.25) is 0 Å². The smallest absolute Gasteiger partial charge is 0.345 e. The van der Waals surface area contributed by atoms with Crippen molar-refractivity contribution in [1.82, 2.24) is 29.6 Å². The molecule has 2 aliphatic heterocycles. The molecule has 9 nitrogen and oxygen atoms in total. The Morgan fingerprint density at radius 2 is 1.96 bits per heavy atom. The van der Waals surface area contributed by atoms with Crippen molar-refractivity contribution in [3.63, 3.8) is 0 Å². The second-order valence-corrected chi connectivity index (χ2v) is 7.69. The van der Waals surface area contributed by atoms with E-state index >= 15 is 0 Å². The van der Waals surface area contributed by atoms with Gasteiger partial charge < -0.3 is 10.2 Å². The Balaban J connectivity index is 1.41. The third-order valence-corrected chi connectivity index (χ3v) is 5.69. The number of carbonyl (C=O) groups excluding carboxylic acids is 1. The molecule has 28 heavy (non-hydrogen) atoms. The summed E-state index contributed by atoms with van der Waals surface area (Å²) in [6, 6.07) is 0.0000714. The SMILES string of the molecule is Cc1nc(N2CCCCC2)ncc1C(=O)NC1CCc2nn(C)c(=O)n2CC1. The Morgan fingerprint density at radius 1 is 1.18 bits per heavy atom. The van der Waals surface area contributed by atoms with Crippen molar-refractivity contribution < 1.29 is 4.79 Å². The first-order valence-electron chi connectivity index (χ1n) is 10.0. The van der Waals surface area contributed by atoms with Crippen LogP contribution in [0.3, 0.4) is 0 Å². The van der Waals surface area contributed by atoms with Crippen LogP contribution in [0, 0.1) is 6.92 Å². The van der Waals surface area contributed by atoms with Gasteiger partial charge in [-0.3, -0.25) is 9.36 Å². The fraction of sp³-hybridized carbons (Fsp3) is 0.632. The molecular formula is C19H27N7O2. The maximum atomic E-state index is 12.8. The van der Waals surface area contributed by atoms with Gasteiger partial charge in [-0.1, -0.05) is 0 Å². The molecule has 0 saturated carbocycles. The fourth-order valence-corrected chi connectivity index (χ4v) is 4.03. The van der Waals surface area contributed by atoms with Crippen LogP contribution in [0.1, 0.15) is 54.0 Å². The number of nitrogens with one attached hydrogen (secondary N) is 1. The second-order valence-electron chi connectivity index (χ2n) is 7.69. The molecule has 0 bridgehead atoms. The predicted octanol–water partition coefficient (Wildman–Crippen LogP) is 0.805. The van der Waals surface area contributed by atoms with Crippen molar-refractivity contribution >= 4 is 11.9 Å². The molecule has 4 rings (SSSR count). The van der Waals surface area contributed by atoms with Crippen LogP contribution in [-0.2, 0) is 20.0 Å². The van der Waals surface area contributed by atoms with Gasteiger partial charge in [0.15, 0.2) is 0 Å². The molecule has 0 aromatic carbocycles. The van der Waals surface area contributed by atoms with E-state index in [1.807, 2.05) is 6.92 Å². The normalized spacial score (nSPS) is 19.8. The van der Waals surface area contributed by atoms with Gasteiger partial charge in [-0.15, -0.1) is 0 Å². The Kier molecular flexibility index (Phi) is 5.15. The Morgan fingerprint density at radius 3 is 2.71 bits per heavy atom. The minimum atomic E-state index is -0.153. The molecule has 1 N–H and O–H groups in total. The molecule has 1 fully saturated rings. The zero-order valence-corrected chi connectivity index (χ0v) is 16.5. The Hall–Kier alpha value is -2.71. The molecule has 0 aliphatic carbocycles. The van der Waals surface area contributed by atoms with Crippen LogP contribution in [0.4, 0.5) is 5.95 Å². The summed E-state index contributed by atoms with van der Waals surface area (Å²) in [6.07, 6.45) is 7.34. The average molecular weight is 385 g/mol. The van der Waals surface area contributed by atoms with E-state index in [4.69, 9.17) is 0 Å². The van der Waals surface area contributed by atoms with Gasteiger partial charge >= 0.3 is 5.69 Å². The van der Waals surface area contributed by atoms with E-state index in [0.717, 1.165) is 38.2 Å². The number of hydrogen-bond acceptors (Lipinski definition) is 6. The summed E-state index contributed by atoms with van der Waals surface area (Å²) in [5.74, 6) is 1.35. The maximum Gasteiger partial charge on any atom is 0.345 e. The molecule has 1 saturated heterocycles. The lowest BCUT2D eigenvalue weighted by Crippen LogP contribution is -2.36. The number of hydrogen-bond donors (Lipinski definition) is 1. The van der Waals surface area contributed by atoms with E-state index in [0.29, 0.717) is 36.6 Å². The van der Waals surface area contributed by atoms with Crippen molar-refractivity contribution in [2.45, 2.75) is 58.0 Å². The third kappa shape index (κ3) is 3.65. The second kappa shape index (κ2) is 7.73. The van der Waals surface area contributed by atoms with Crippen LogP contribution in [0.5, 0.6) is 0 Å². The van der Waals surface area contributed by atoms with Crippen molar-refractivity contribution in [1.29, 1.82) is 0 Å². The van der Waals surface area contributed by atoms with Gasteiger partial charge in [0.2, 0.25) is 5.95 Å². The highest BCUT2D eigenvalue weighted by molar-refractivity contribution is 5.95. The quantitative estimate of drug-likeness (QED) is 0.839. The van der Waals surface area contributed by atoms with E-state index in [2.05, 4.69) is 25.3 Å². The van der Waals surface area contributed by atoms with Crippen LogP contribution < -0.4 is 15.9 Å². The number of nitrogens with zero attached hydrogens (tertiary/aromatic N) is 6. The van der Waals surface area contributed by atoms with Gasteiger partial charge in [-0.05, 0) is 39.0 Å². The summed E-state index contributed by atoms with van der Waals surface area (Å²) in [4.78, 5) is 36.0. The highest BCUT2D eigenvalue weighted by Gasteiger charge is 2.23. The van der Waals surface area contributed by atoms with Crippen molar-refractivity contribution in [2.75, 3.05) is 18.0 Å². The summed E-state index contributed by atoms with van der Waals surface area (Å²) in [6.45, 7) is 4.37. The van der Waals surface area contributed by atoms with Gasteiger partial charge in [0, 0.05) is 45.3 Å². The number of piperidine rings is 1. The number of fused-ring (bicyclic) bond motifs is 1. The number of anilines is 1. The van der Waals surface area contributed by atoms with Gasteiger partial charge in [0.25, 0.3) is 5.91 Å². The van der Waals surface area contributed by atoms with E-state index < -0.39 is 0 Å². The highest BCUT2D eigenvalue weighted by Crippen LogP contribution is 2.18. The number of aryl methyl sites for hydroxylation is 3. The van der Waals surface area contributed by atoms with Gasteiger partial charge in [0.1, 0.15) is 5.82 Å². The van der Waals surface area contributed by atoms with E-state index in [1.165, 1.54) is 11.1 Å². The molecule has 4 heterocycles. The number of rotatable bonds is 3. The Labute approximate surface area is 163 Å². The standard InChI is InChI=1S/C19H27N7O2/c1-13-15(12-20-18(21-13)25-9-4-3-5-10-25)17(27)22-14-6-7-16-23-24(2)19(28)26(16)11-8-14/h12,14H,3-11H2,1-2H3,(H,22,27). The molecule has 0 radical (unpaired) electrons. The van der Waals surface area contributed by atoms with Gasteiger partial charge in [-0.2, -0.15) is 5.10 Å². The molecule has 2 aromatic rings. The molecular weight excluding hydrogens is 358 g/mol. The lowest BCUT2D eigenvalue weighted by molar-refractivity contribution is 0.0931. The third-order valence-electron chi connectivity index (χ3n) is 5.69. The lowest BCUT2D eigenvalue weighted by atomic mass is 10.1. The van der Waals surface area contributed by atoms with Crippen LogP contribution in [0.25, 0.3) is 0 Å². The number of aromatic nitrogens is 5. The molecule has 0 spiro atoms. The first-order chi connectivity index (χ1) is 13.5. The van der Waals surface area contributed by atoms with Gasteiger partial charge in [-0.25, -0.2) is 19.4 Å². The topological polar surface area (TPSA) is 97.9 Å². The maximum absolute atomic E-state index is 12.8. The van der Waals surface area contributed by atoms with Crippen LogP contribution in [-0.4, -0.2) is 49.4 Å². The average Bonchev–Trinajstić information content (AvgIpc) is 2.85. The van der Waals surface area contributed by atoms with Crippen LogP contribution in [0.15, 0.2) is 11.0 Å². The van der Waals surface area contributed by atoms with Gasteiger partial charge in [0.05, 0.1) is 11.3 Å². The zero-order chi connectivity index (χ0) is 19.7. The first-order valence-corrected chi connectivity index (χ1v) is 10.0. The minimum Gasteiger partial charge on any atom is -0.349 e. The van der Waals surface area contributed by atoms with E-state index in [-0.39, 0.29) is 17.6 Å². The van der Waals surface area contributed by atoms with E-state index in [9.17, 15) is 9.59 Å². The number of carbonyl (C=O) groups is 1. The fourth-order valence-electron chi connectivity index (χ4n) is 4.03. The summed E-state index contributed by atoms with van der Waals surface area (Å²) in [5.41, 5.74) is 1.11. The number of amides is 1. The summed E-state index contributed by atoms with van der Waals surface area (Å²) in [7, 11) is 1.67. The molecule has 1 amide bonds. The summed E-state index contributed by atoms with van der Waals surface area (Å²) >= 11 is 0. The molecule has 9 heteroatoms. The van der Waals surface area contributed by atoms with Crippen molar-refractivity contribution in [3.05, 3.63) is 33.8 Å². The lowest BCUT2D eigenvalue weighted by Gasteiger charge is -2.27. The molecule has 1 unspecified atom stereocenters. The van der Waals surface area contributed by atoms with Crippen molar-refractivity contribution in [3.8, 4) is 0 Å². The zero-order valence-electron chi connectivity index (χ0n) is 16.5. The highest BCUT2D eigenvalue weighted by atomic mass is 16.2. The van der Waals surface area contributed by atoms with Crippen LogP contribution >= 0.6 is 0 Å². The van der Waals surface area contributed by atoms with Crippen molar-refractivity contribution in [2.24, 2.45) is 7.05 Å². The Bertz CT molecular complexity index is 927. The van der Waals surface area contributed by atoms with E-state index in [1.54, 1.807) is 17.8 Å². The monoisotopic (exact) mass is 385 g/mol. The largest absolute Gasteiger partial charge is 0.349 e.